The second-order valence-corrected chi connectivity index (χ2v) is 10.3. The molecule has 0 heterocycles. The van der Waals surface area contributed by atoms with Gasteiger partial charge >= 0.3 is 0 Å². The van der Waals surface area contributed by atoms with Gasteiger partial charge < -0.3 is 5.32 Å². The van der Waals surface area contributed by atoms with E-state index in [0.717, 1.165) is 27.1 Å². The van der Waals surface area contributed by atoms with Crippen molar-refractivity contribution in [2.75, 3.05) is 17.1 Å². The van der Waals surface area contributed by atoms with Crippen LogP contribution in [0, 0.1) is 20.8 Å². The Hall–Kier alpha value is -2.77. The van der Waals surface area contributed by atoms with Crippen LogP contribution in [0.5, 0.6) is 0 Å². The lowest BCUT2D eigenvalue weighted by Gasteiger charge is -2.26. The third-order valence-electron chi connectivity index (χ3n) is 5.41. The van der Waals surface area contributed by atoms with E-state index in [1.165, 1.54) is 4.31 Å². The largest absolute Gasteiger partial charge is 0.350 e. The quantitative estimate of drug-likeness (QED) is 0.480. The fraction of sp³-hybridized carbons (Fsp3) is 0.240. The number of hydrogen-bond acceptors (Lipinski definition) is 4. The van der Waals surface area contributed by atoms with Crippen LogP contribution in [0.1, 0.15) is 22.3 Å². The number of carbonyl (C=O) groups excluding carboxylic acids is 1. The summed E-state index contributed by atoms with van der Waals surface area (Å²) in [5.74, 6) is -0.363. The Labute approximate surface area is 194 Å². The SMILES string of the molecule is CSc1ccccc1CNC(=O)CN(c1cccc(C)c1C)S(=O)(=O)c1ccc(C)cc1. The molecule has 0 atom stereocenters. The summed E-state index contributed by atoms with van der Waals surface area (Å²) >= 11 is 1.61. The van der Waals surface area contributed by atoms with E-state index in [1.54, 1.807) is 42.1 Å². The van der Waals surface area contributed by atoms with Crippen LogP contribution in [0.2, 0.25) is 0 Å². The number of anilines is 1. The standard InChI is InChI=1S/C25H28N2O3S2/c1-18-12-14-22(15-13-18)32(29,30)27(23-10-7-8-19(2)20(23)3)17-25(28)26-16-21-9-5-6-11-24(21)31-4/h5-15H,16-17H2,1-4H3,(H,26,28). The summed E-state index contributed by atoms with van der Waals surface area (Å²) < 4.78 is 28.3. The maximum absolute atomic E-state index is 13.6. The molecule has 0 bridgehead atoms. The van der Waals surface area contributed by atoms with Crippen LogP contribution >= 0.6 is 11.8 Å². The van der Waals surface area contributed by atoms with Gasteiger partial charge in [-0.05, 0) is 68.0 Å². The average Bonchev–Trinajstić information content (AvgIpc) is 2.78. The topological polar surface area (TPSA) is 66.5 Å². The first-order valence-corrected chi connectivity index (χ1v) is 12.9. The maximum atomic E-state index is 13.6. The minimum absolute atomic E-state index is 0.157. The van der Waals surface area contributed by atoms with Gasteiger partial charge in [0.25, 0.3) is 10.0 Å². The molecule has 0 spiro atoms. The van der Waals surface area contributed by atoms with Gasteiger partial charge in [0.1, 0.15) is 6.54 Å². The molecule has 0 aliphatic rings. The van der Waals surface area contributed by atoms with E-state index in [2.05, 4.69) is 5.32 Å². The highest BCUT2D eigenvalue weighted by atomic mass is 32.2. The second-order valence-electron chi connectivity index (χ2n) is 7.63. The van der Waals surface area contributed by atoms with Crippen LogP contribution < -0.4 is 9.62 Å². The van der Waals surface area contributed by atoms with Crippen molar-refractivity contribution < 1.29 is 13.2 Å². The Morgan fingerprint density at radius 1 is 0.938 bits per heavy atom. The number of benzene rings is 3. The van der Waals surface area contributed by atoms with Crippen molar-refractivity contribution in [3.8, 4) is 0 Å². The Morgan fingerprint density at radius 3 is 2.31 bits per heavy atom. The summed E-state index contributed by atoms with van der Waals surface area (Å²) in [7, 11) is -3.93. The molecule has 0 unspecified atom stereocenters. The van der Waals surface area contributed by atoms with Crippen LogP contribution in [-0.4, -0.2) is 27.1 Å². The van der Waals surface area contributed by atoms with Gasteiger partial charge in [-0.15, -0.1) is 11.8 Å². The van der Waals surface area contributed by atoms with E-state index in [9.17, 15) is 13.2 Å². The molecular formula is C25H28N2O3S2. The summed E-state index contributed by atoms with van der Waals surface area (Å²) in [5, 5.41) is 2.88. The molecule has 0 radical (unpaired) electrons. The zero-order valence-electron chi connectivity index (χ0n) is 18.8. The molecule has 0 aliphatic carbocycles. The summed E-state index contributed by atoms with van der Waals surface area (Å²) in [6.07, 6.45) is 1.98. The number of thioether (sulfide) groups is 1. The highest BCUT2D eigenvalue weighted by molar-refractivity contribution is 7.98. The molecule has 0 fully saturated rings. The second kappa shape index (κ2) is 10.2. The smallest absolute Gasteiger partial charge is 0.264 e. The fourth-order valence-electron chi connectivity index (χ4n) is 3.37. The van der Waals surface area contributed by atoms with Crippen LogP contribution in [0.15, 0.2) is 76.5 Å². The number of nitrogens with zero attached hydrogens (tertiary/aromatic N) is 1. The fourth-order valence-corrected chi connectivity index (χ4v) is 5.47. The molecule has 3 aromatic rings. The molecule has 7 heteroatoms. The van der Waals surface area contributed by atoms with Gasteiger partial charge in [0.15, 0.2) is 0 Å². The number of aryl methyl sites for hydroxylation is 2. The zero-order valence-corrected chi connectivity index (χ0v) is 20.4. The number of sulfonamides is 1. The summed E-state index contributed by atoms with van der Waals surface area (Å²) in [6.45, 7) is 5.73. The number of carbonyl (C=O) groups is 1. The molecule has 1 amide bonds. The van der Waals surface area contributed by atoms with Gasteiger partial charge in [0.05, 0.1) is 10.6 Å². The van der Waals surface area contributed by atoms with Crippen molar-refractivity contribution in [2.24, 2.45) is 0 Å². The number of nitrogens with one attached hydrogen (secondary N) is 1. The van der Waals surface area contributed by atoms with E-state index >= 15 is 0 Å². The molecular weight excluding hydrogens is 440 g/mol. The number of rotatable bonds is 8. The Balaban J connectivity index is 1.91. The molecule has 168 valence electrons. The summed E-state index contributed by atoms with van der Waals surface area (Å²) in [5.41, 5.74) is 4.25. The molecule has 32 heavy (non-hydrogen) atoms. The van der Waals surface area contributed by atoms with E-state index in [-0.39, 0.29) is 17.3 Å². The third kappa shape index (κ3) is 5.34. The zero-order chi connectivity index (χ0) is 23.3. The van der Waals surface area contributed by atoms with E-state index in [4.69, 9.17) is 0 Å². The third-order valence-corrected chi connectivity index (χ3v) is 8.02. The lowest BCUT2D eigenvalue weighted by atomic mass is 10.1. The number of hydrogen-bond donors (Lipinski definition) is 1. The maximum Gasteiger partial charge on any atom is 0.264 e. The number of amides is 1. The minimum Gasteiger partial charge on any atom is -0.350 e. The van der Waals surface area contributed by atoms with Crippen molar-refractivity contribution in [1.29, 1.82) is 0 Å². The normalized spacial score (nSPS) is 11.2. The van der Waals surface area contributed by atoms with Crippen molar-refractivity contribution in [2.45, 2.75) is 37.1 Å². The Bertz CT molecular complexity index is 1210. The van der Waals surface area contributed by atoms with Gasteiger partial charge in [-0.25, -0.2) is 8.42 Å². The van der Waals surface area contributed by atoms with Crippen molar-refractivity contribution in [3.05, 3.63) is 89.0 Å². The highest BCUT2D eigenvalue weighted by Gasteiger charge is 2.28. The van der Waals surface area contributed by atoms with E-state index in [0.29, 0.717) is 12.2 Å². The van der Waals surface area contributed by atoms with E-state index in [1.807, 2.05) is 63.4 Å². The summed E-state index contributed by atoms with van der Waals surface area (Å²) in [6, 6.07) is 20.0. The first kappa shape index (κ1) is 23.9. The highest BCUT2D eigenvalue weighted by Crippen LogP contribution is 2.28. The molecule has 0 saturated heterocycles. The molecule has 0 saturated carbocycles. The van der Waals surface area contributed by atoms with Gasteiger partial charge in [0.2, 0.25) is 5.91 Å². The van der Waals surface area contributed by atoms with Crippen molar-refractivity contribution in [3.63, 3.8) is 0 Å². The first-order chi connectivity index (χ1) is 15.2. The van der Waals surface area contributed by atoms with Gasteiger partial charge in [-0.3, -0.25) is 9.10 Å². The lowest BCUT2D eigenvalue weighted by Crippen LogP contribution is -2.41. The van der Waals surface area contributed by atoms with Crippen LogP contribution in [0.3, 0.4) is 0 Å². The van der Waals surface area contributed by atoms with Crippen molar-refractivity contribution >= 4 is 33.4 Å². The lowest BCUT2D eigenvalue weighted by molar-refractivity contribution is -0.119. The summed E-state index contributed by atoms with van der Waals surface area (Å²) in [4.78, 5) is 14.1. The van der Waals surface area contributed by atoms with Gasteiger partial charge in [-0.1, -0.05) is 48.0 Å². The predicted molar refractivity (Wildman–Crippen MR) is 132 cm³/mol. The molecule has 3 rings (SSSR count). The van der Waals surface area contributed by atoms with E-state index < -0.39 is 10.0 Å². The molecule has 0 aliphatic heterocycles. The van der Waals surface area contributed by atoms with Crippen LogP contribution in [0.25, 0.3) is 0 Å². The average molecular weight is 469 g/mol. The molecule has 0 aromatic heterocycles. The Morgan fingerprint density at radius 2 is 1.62 bits per heavy atom. The monoisotopic (exact) mass is 468 g/mol. The molecule has 3 aromatic carbocycles. The van der Waals surface area contributed by atoms with Crippen LogP contribution in [0.4, 0.5) is 5.69 Å². The predicted octanol–water partition coefficient (Wildman–Crippen LogP) is 4.85. The van der Waals surface area contributed by atoms with Crippen molar-refractivity contribution in [1.82, 2.24) is 5.32 Å². The van der Waals surface area contributed by atoms with Crippen LogP contribution in [-0.2, 0) is 21.4 Å². The van der Waals surface area contributed by atoms with Gasteiger partial charge in [0, 0.05) is 11.4 Å². The Kier molecular flexibility index (Phi) is 7.64. The molecule has 1 N–H and O–H groups in total. The molecule has 5 nitrogen and oxygen atoms in total. The minimum atomic E-state index is -3.93. The van der Waals surface area contributed by atoms with Gasteiger partial charge in [-0.2, -0.15) is 0 Å². The first-order valence-electron chi connectivity index (χ1n) is 10.3.